The summed E-state index contributed by atoms with van der Waals surface area (Å²) in [7, 11) is 0. The van der Waals surface area contributed by atoms with Crippen molar-refractivity contribution in [3.05, 3.63) is 30.1 Å². The van der Waals surface area contributed by atoms with E-state index in [1.165, 1.54) is 4.90 Å². The number of likely N-dealkylation sites (tertiary alicyclic amines) is 1. The molecule has 0 saturated carbocycles. The van der Waals surface area contributed by atoms with Crippen LogP contribution in [0.25, 0.3) is 11.0 Å². The summed E-state index contributed by atoms with van der Waals surface area (Å²) >= 11 is 0. The second-order valence-electron chi connectivity index (χ2n) is 10.2. The number of carboxylic acid groups (broad SMARTS) is 1. The molecule has 1 aromatic heterocycles. The van der Waals surface area contributed by atoms with Crippen molar-refractivity contribution in [1.29, 1.82) is 0 Å². The number of aliphatic hydroxyl groups is 1. The standard InChI is InChI=1S/C26H37N5O6/c1-18(2)15-31(25(34)23-27-21-6-3-4-7-22(21)30(23)8-5-11-32)20-14-19(16-29(17-20)26(35)36)24(33)28-9-12-37-13-10-28/h3-4,6-7,18-20,32H,5,8-17H2,1-2H3,(H,35,36)/t19-,20+/m1/s1. The second kappa shape index (κ2) is 11.9. The van der Waals surface area contributed by atoms with Gasteiger partial charge in [-0.25, -0.2) is 9.78 Å². The van der Waals surface area contributed by atoms with Crippen molar-refractivity contribution in [3.63, 3.8) is 0 Å². The zero-order valence-corrected chi connectivity index (χ0v) is 21.6. The first-order chi connectivity index (χ1) is 17.8. The van der Waals surface area contributed by atoms with Crippen LogP contribution in [0.2, 0.25) is 0 Å². The minimum Gasteiger partial charge on any atom is -0.465 e. The minimum atomic E-state index is -1.10. The topological polar surface area (TPSA) is 128 Å². The van der Waals surface area contributed by atoms with Crippen LogP contribution in [-0.2, 0) is 16.1 Å². The molecule has 2 fully saturated rings. The number of nitrogens with zero attached hydrogens (tertiary/aromatic N) is 5. The molecule has 2 atom stereocenters. The molecule has 1 aromatic carbocycles. The predicted molar refractivity (Wildman–Crippen MR) is 136 cm³/mol. The number of amides is 3. The van der Waals surface area contributed by atoms with Gasteiger partial charge in [0.1, 0.15) is 0 Å². The number of hydrogen-bond acceptors (Lipinski definition) is 6. The molecule has 0 spiro atoms. The maximum Gasteiger partial charge on any atom is 0.407 e. The molecule has 37 heavy (non-hydrogen) atoms. The fourth-order valence-electron chi connectivity index (χ4n) is 5.29. The van der Waals surface area contributed by atoms with Crippen molar-refractivity contribution in [3.8, 4) is 0 Å². The first kappa shape index (κ1) is 26.9. The summed E-state index contributed by atoms with van der Waals surface area (Å²) in [6.45, 7) is 6.96. The van der Waals surface area contributed by atoms with E-state index in [2.05, 4.69) is 4.98 Å². The maximum atomic E-state index is 14.1. The Balaban J connectivity index is 1.67. The monoisotopic (exact) mass is 515 g/mol. The van der Waals surface area contributed by atoms with E-state index in [4.69, 9.17) is 4.74 Å². The molecule has 2 aromatic rings. The summed E-state index contributed by atoms with van der Waals surface area (Å²) in [5.41, 5.74) is 1.49. The number of piperidine rings is 1. The highest BCUT2D eigenvalue weighted by Crippen LogP contribution is 2.27. The van der Waals surface area contributed by atoms with Gasteiger partial charge in [0.25, 0.3) is 5.91 Å². The Kier molecular flexibility index (Phi) is 8.65. The summed E-state index contributed by atoms with van der Waals surface area (Å²) in [4.78, 5) is 48.8. The third kappa shape index (κ3) is 6.04. The summed E-state index contributed by atoms with van der Waals surface area (Å²) in [6, 6.07) is 7.01. The highest BCUT2D eigenvalue weighted by Gasteiger charge is 2.40. The van der Waals surface area contributed by atoms with Crippen molar-refractivity contribution in [2.75, 3.05) is 52.5 Å². The summed E-state index contributed by atoms with van der Waals surface area (Å²) in [5, 5.41) is 19.3. The number of fused-ring (bicyclic) bond motifs is 1. The molecular weight excluding hydrogens is 478 g/mol. The highest BCUT2D eigenvalue weighted by atomic mass is 16.5. The Hall–Kier alpha value is -3.18. The zero-order chi connectivity index (χ0) is 26.5. The van der Waals surface area contributed by atoms with E-state index in [-0.39, 0.29) is 43.3 Å². The van der Waals surface area contributed by atoms with Gasteiger partial charge in [0, 0.05) is 45.9 Å². The number of morpholine rings is 1. The number of para-hydroxylation sites is 2. The molecule has 0 aliphatic carbocycles. The zero-order valence-electron chi connectivity index (χ0n) is 21.6. The average molecular weight is 516 g/mol. The fourth-order valence-corrected chi connectivity index (χ4v) is 5.29. The SMILES string of the molecule is CC(C)CN(C(=O)c1nc2ccccc2n1CCCO)[C@H]1C[C@@H](C(=O)N2CCOCC2)CN(C(=O)O)C1. The largest absolute Gasteiger partial charge is 0.465 e. The Bertz CT molecular complexity index is 1110. The van der Waals surface area contributed by atoms with E-state index in [1.807, 2.05) is 42.7 Å². The third-order valence-corrected chi connectivity index (χ3v) is 7.02. The molecule has 3 amide bonds. The second-order valence-corrected chi connectivity index (χ2v) is 10.2. The number of aliphatic hydroxyl groups excluding tert-OH is 1. The number of benzene rings is 1. The van der Waals surface area contributed by atoms with E-state index in [0.29, 0.717) is 57.8 Å². The number of aryl methyl sites for hydroxylation is 1. The van der Waals surface area contributed by atoms with Crippen LogP contribution in [0.4, 0.5) is 4.79 Å². The molecule has 11 nitrogen and oxygen atoms in total. The summed E-state index contributed by atoms with van der Waals surface area (Å²) in [6.07, 6.45) is -0.247. The van der Waals surface area contributed by atoms with E-state index >= 15 is 0 Å². The average Bonchev–Trinajstić information content (AvgIpc) is 3.28. The molecule has 202 valence electrons. The van der Waals surface area contributed by atoms with Gasteiger partial charge in [-0.2, -0.15) is 0 Å². The molecule has 2 aliphatic rings. The van der Waals surface area contributed by atoms with Gasteiger partial charge in [-0.15, -0.1) is 0 Å². The van der Waals surface area contributed by atoms with E-state index in [9.17, 15) is 24.6 Å². The Labute approximate surface area is 216 Å². The first-order valence-electron chi connectivity index (χ1n) is 13.0. The lowest BCUT2D eigenvalue weighted by molar-refractivity contribution is -0.142. The molecule has 0 radical (unpaired) electrons. The minimum absolute atomic E-state index is 0.0165. The van der Waals surface area contributed by atoms with Gasteiger partial charge in [-0.1, -0.05) is 26.0 Å². The van der Waals surface area contributed by atoms with Gasteiger partial charge in [-0.05, 0) is 30.9 Å². The number of carbonyl (C=O) groups excluding carboxylic acids is 2. The van der Waals surface area contributed by atoms with Crippen LogP contribution in [0.15, 0.2) is 24.3 Å². The van der Waals surface area contributed by atoms with Gasteiger partial charge in [0.15, 0.2) is 5.82 Å². The number of imidazole rings is 1. The number of carbonyl (C=O) groups is 3. The van der Waals surface area contributed by atoms with Crippen LogP contribution in [0.5, 0.6) is 0 Å². The number of ether oxygens (including phenoxy) is 1. The number of rotatable bonds is 8. The Morgan fingerprint density at radius 3 is 2.54 bits per heavy atom. The van der Waals surface area contributed by atoms with Gasteiger partial charge >= 0.3 is 6.09 Å². The first-order valence-corrected chi connectivity index (χ1v) is 13.0. The molecule has 2 aliphatic heterocycles. The lowest BCUT2D eigenvalue weighted by atomic mass is 9.91. The molecular formula is C26H37N5O6. The molecule has 0 bridgehead atoms. The summed E-state index contributed by atoms with van der Waals surface area (Å²) < 4.78 is 7.20. The smallest absolute Gasteiger partial charge is 0.407 e. The van der Waals surface area contributed by atoms with Crippen molar-refractivity contribution < 1.29 is 29.3 Å². The highest BCUT2D eigenvalue weighted by molar-refractivity contribution is 5.95. The lowest BCUT2D eigenvalue weighted by Crippen LogP contribution is -2.58. The quantitative estimate of drug-likeness (QED) is 0.548. The van der Waals surface area contributed by atoms with Crippen LogP contribution in [-0.4, -0.2) is 111 Å². The van der Waals surface area contributed by atoms with Crippen LogP contribution >= 0.6 is 0 Å². The van der Waals surface area contributed by atoms with Crippen molar-refractivity contribution in [2.24, 2.45) is 11.8 Å². The molecule has 0 unspecified atom stereocenters. The van der Waals surface area contributed by atoms with Crippen molar-refractivity contribution in [1.82, 2.24) is 24.3 Å². The van der Waals surface area contributed by atoms with Crippen LogP contribution in [0.3, 0.4) is 0 Å². The number of hydrogen-bond donors (Lipinski definition) is 2. The molecule has 2 saturated heterocycles. The molecule has 2 N–H and O–H groups in total. The number of aromatic nitrogens is 2. The van der Waals surface area contributed by atoms with Gasteiger partial charge in [0.05, 0.1) is 36.2 Å². The molecule has 3 heterocycles. The van der Waals surface area contributed by atoms with Gasteiger partial charge in [-0.3, -0.25) is 9.59 Å². The van der Waals surface area contributed by atoms with Gasteiger partial charge in [0.2, 0.25) is 5.91 Å². The third-order valence-electron chi connectivity index (χ3n) is 7.02. The summed E-state index contributed by atoms with van der Waals surface area (Å²) in [5.74, 6) is -0.542. The fraction of sp³-hybridized carbons (Fsp3) is 0.615. The molecule has 11 heteroatoms. The molecule has 4 rings (SSSR count). The van der Waals surface area contributed by atoms with E-state index in [1.54, 1.807) is 9.80 Å². The van der Waals surface area contributed by atoms with Crippen LogP contribution in [0.1, 0.15) is 37.3 Å². The lowest BCUT2D eigenvalue weighted by Gasteiger charge is -2.43. The normalized spacial score (nSPS) is 20.4. The Morgan fingerprint density at radius 1 is 1.14 bits per heavy atom. The van der Waals surface area contributed by atoms with E-state index in [0.717, 1.165) is 5.52 Å². The maximum absolute atomic E-state index is 14.1. The van der Waals surface area contributed by atoms with Crippen LogP contribution in [0, 0.1) is 11.8 Å². The van der Waals surface area contributed by atoms with E-state index < -0.39 is 18.1 Å². The van der Waals surface area contributed by atoms with Gasteiger partial charge < -0.3 is 34.2 Å². The van der Waals surface area contributed by atoms with Crippen LogP contribution < -0.4 is 0 Å². The van der Waals surface area contributed by atoms with Crippen molar-refractivity contribution >= 4 is 28.9 Å². The predicted octanol–water partition coefficient (Wildman–Crippen LogP) is 1.74. The van der Waals surface area contributed by atoms with Crippen molar-refractivity contribution in [2.45, 2.75) is 39.3 Å². The Morgan fingerprint density at radius 2 is 1.86 bits per heavy atom.